The van der Waals surface area contributed by atoms with Crippen LogP contribution in [-0.4, -0.2) is 4.98 Å². The maximum atomic E-state index is 5.46. The standard InChI is InChI=1S/C48H34N2S/c1-48(2)42-20-12-11-19-38(42)41-29-36(26-28-43(41)48)50(35-24-21-32(22-25-35)31-13-5-3-6-14-31)44-30-40-37-18-10-9-15-33(37)23-27-39(40)46-45(44)49-47(51-46)34-16-7-4-8-17-34/h3-30H,1-2H3. The van der Waals surface area contributed by atoms with E-state index >= 15 is 0 Å². The fourth-order valence-corrected chi connectivity index (χ4v) is 9.23. The van der Waals surface area contributed by atoms with Crippen LogP contribution in [0.25, 0.3) is 64.6 Å². The zero-order valence-electron chi connectivity index (χ0n) is 28.5. The highest BCUT2D eigenvalue weighted by Gasteiger charge is 2.35. The normalized spacial score (nSPS) is 13.1. The number of hydrogen-bond donors (Lipinski definition) is 0. The van der Waals surface area contributed by atoms with E-state index < -0.39 is 0 Å². The van der Waals surface area contributed by atoms with E-state index in [0.29, 0.717) is 0 Å². The minimum absolute atomic E-state index is 0.0682. The summed E-state index contributed by atoms with van der Waals surface area (Å²) in [6, 6.07) is 61.8. The third-order valence-corrected chi connectivity index (χ3v) is 11.8. The maximum Gasteiger partial charge on any atom is 0.124 e. The molecule has 0 spiro atoms. The van der Waals surface area contributed by atoms with Gasteiger partial charge in [0.05, 0.1) is 10.4 Å². The van der Waals surface area contributed by atoms with E-state index in [2.05, 4.69) is 189 Å². The molecule has 0 N–H and O–H groups in total. The second-order valence-corrected chi connectivity index (χ2v) is 15.0. The van der Waals surface area contributed by atoms with Gasteiger partial charge in [-0.2, -0.15) is 0 Å². The van der Waals surface area contributed by atoms with Crippen LogP contribution in [0, 0.1) is 0 Å². The molecule has 10 rings (SSSR count). The number of hydrogen-bond acceptors (Lipinski definition) is 3. The first kappa shape index (κ1) is 29.8. The first-order valence-corrected chi connectivity index (χ1v) is 18.4. The van der Waals surface area contributed by atoms with Crippen molar-refractivity contribution in [1.82, 2.24) is 4.98 Å². The number of thiazole rings is 1. The van der Waals surface area contributed by atoms with E-state index in [9.17, 15) is 0 Å². The lowest BCUT2D eigenvalue weighted by atomic mass is 9.82. The molecule has 0 unspecified atom stereocenters. The van der Waals surface area contributed by atoms with Gasteiger partial charge in [0.2, 0.25) is 0 Å². The summed E-state index contributed by atoms with van der Waals surface area (Å²) in [5, 5.41) is 5.97. The van der Waals surface area contributed by atoms with Gasteiger partial charge in [-0.15, -0.1) is 11.3 Å². The summed E-state index contributed by atoms with van der Waals surface area (Å²) >= 11 is 1.78. The number of nitrogens with zero attached hydrogens (tertiary/aromatic N) is 2. The molecule has 51 heavy (non-hydrogen) atoms. The zero-order valence-corrected chi connectivity index (χ0v) is 29.3. The van der Waals surface area contributed by atoms with Crippen LogP contribution in [0.5, 0.6) is 0 Å². The summed E-state index contributed by atoms with van der Waals surface area (Å²) in [6.07, 6.45) is 0. The molecule has 1 aliphatic rings. The molecule has 0 bridgehead atoms. The van der Waals surface area contributed by atoms with Crippen molar-refractivity contribution in [1.29, 1.82) is 0 Å². The Labute approximate surface area is 301 Å². The average molecular weight is 671 g/mol. The lowest BCUT2D eigenvalue weighted by molar-refractivity contribution is 0.660. The summed E-state index contributed by atoms with van der Waals surface area (Å²) in [6.45, 7) is 4.69. The van der Waals surface area contributed by atoms with Crippen LogP contribution in [0.3, 0.4) is 0 Å². The van der Waals surface area contributed by atoms with Crippen molar-refractivity contribution in [2.75, 3.05) is 4.90 Å². The molecule has 1 heterocycles. The lowest BCUT2D eigenvalue weighted by Crippen LogP contribution is -2.15. The Bertz CT molecular complexity index is 2760. The monoisotopic (exact) mass is 670 g/mol. The molecule has 0 atom stereocenters. The van der Waals surface area contributed by atoms with Gasteiger partial charge in [0.1, 0.15) is 10.5 Å². The summed E-state index contributed by atoms with van der Waals surface area (Å²) in [5.74, 6) is 0. The van der Waals surface area contributed by atoms with Crippen molar-refractivity contribution in [3.63, 3.8) is 0 Å². The highest BCUT2D eigenvalue weighted by Crippen LogP contribution is 2.52. The molecule has 9 aromatic rings. The summed E-state index contributed by atoms with van der Waals surface area (Å²) < 4.78 is 1.20. The molecule has 1 aliphatic carbocycles. The molecule has 0 saturated carbocycles. The van der Waals surface area contributed by atoms with Crippen molar-refractivity contribution in [2.45, 2.75) is 19.3 Å². The molecular formula is C48H34N2S. The first-order chi connectivity index (χ1) is 25.0. The molecule has 1 aromatic heterocycles. The largest absolute Gasteiger partial charge is 0.308 e. The van der Waals surface area contributed by atoms with E-state index in [4.69, 9.17) is 4.98 Å². The van der Waals surface area contributed by atoms with Crippen LogP contribution < -0.4 is 4.90 Å². The smallest absolute Gasteiger partial charge is 0.124 e. The predicted molar refractivity (Wildman–Crippen MR) is 218 cm³/mol. The Morgan fingerprint density at radius 3 is 1.94 bits per heavy atom. The molecule has 0 aliphatic heterocycles. The molecular weight excluding hydrogens is 637 g/mol. The van der Waals surface area contributed by atoms with Gasteiger partial charge in [0.25, 0.3) is 0 Å². The van der Waals surface area contributed by atoms with Crippen LogP contribution in [-0.2, 0) is 5.41 Å². The number of anilines is 3. The minimum atomic E-state index is -0.0682. The molecule has 0 fully saturated rings. The Morgan fingerprint density at radius 1 is 0.490 bits per heavy atom. The van der Waals surface area contributed by atoms with E-state index in [-0.39, 0.29) is 5.41 Å². The Balaban J connectivity index is 1.27. The third kappa shape index (κ3) is 4.73. The van der Waals surface area contributed by atoms with Crippen molar-refractivity contribution >= 4 is 60.2 Å². The zero-order chi connectivity index (χ0) is 34.1. The molecule has 2 nitrogen and oxygen atoms in total. The number of rotatable bonds is 5. The third-order valence-electron chi connectivity index (χ3n) is 10.7. The minimum Gasteiger partial charge on any atom is -0.308 e. The molecule has 0 saturated heterocycles. The second-order valence-electron chi connectivity index (χ2n) is 14.0. The molecule has 242 valence electrons. The van der Waals surface area contributed by atoms with Crippen LogP contribution in [0.2, 0.25) is 0 Å². The average Bonchev–Trinajstić information content (AvgIpc) is 3.74. The Morgan fingerprint density at radius 2 is 1.14 bits per heavy atom. The quantitative estimate of drug-likeness (QED) is 0.169. The molecule has 0 radical (unpaired) electrons. The molecule has 3 heteroatoms. The SMILES string of the molecule is CC1(C)c2ccccc2-c2cc(N(c3ccc(-c4ccccc4)cc3)c3cc4c5ccccc5ccc4c4sc(-c5ccccc5)nc34)ccc21. The van der Waals surface area contributed by atoms with E-state index in [0.717, 1.165) is 33.1 Å². The van der Waals surface area contributed by atoms with E-state index in [1.807, 2.05) is 0 Å². The van der Waals surface area contributed by atoms with Crippen molar-refractivity contribution in [3.8, 4) is 32.8 Å². The maximum absolute atomic E-state index is 5.46. The van der Waals surface area contributed by atoms with Crippen molar-refractivity contribution in [2.24, 2.45) is 0 Å². The van der Waals surface area contributed by atoms with Gasteiger partial charge in [-0.1, -0.05) is 153 Å². The number of aromatic nitrogens is 1. The Hall–Kier alpha value is -6.03. The molecule has 8 aromatic carbocycles. The fourth-order valence-electron chi connectivity index (χ4n) is 8.11. The number of fused-ring (bicyclic) bond motifs is 8. The summed E-state index contributed by atoms with van der Waals surface area (Å²) in [7, 11) is 0. The topological polar surface area (TPSA) is 16.1 Å². The second kappa shape index (κ2) is 11.5. The first-order valence-electron chi connectivity index (χ1n) is 17.5. The van der Waals surface area contributed by atoms with Gasteiger partial charge in [-0.05, 0) is 79.9 Å². The van der Waals surface area contributed by atoms with Gasteiger partial charge >= 0.3 is 0 Å². The highest BCUT2D eigenvalue weighted by molar-refractivity contribution is 7.22. The van der Waals surface area contributed by atoms with Gasteiger partial charge in [0.15, 0.2) is 0 Å². The van der Waals surface area contributed by atoms with Crippen molar-refractivity contribution in [3.05, 3.63) is 181 Å². The van der Waals surface area contributed by atoms with Gasteiger partial charge < -0.3 is 4.90 Å². The lowest BCUT2D eigenvalue weighted by Gasteiger charge is -2.28. The predicted octanol–water partition coefficient (Wildman–Crippen LogP) is 13.7. The molecule has 0 amide bonds. The van der Waals surface area contributed by atoms with Gasteiger partial charge in [-0.3, -0.25) is 0 Å². The van der Waals surface area contributed by atoms with Gasteiger partial charge in [-0.25, -0.2) is 4.98 Å². The fraction of sp³-hybridized carbons (Fsp3) is 0.0625. The van der Waals surface area contributed by atoms with Crippen LogP contribution >= 0.6 is 11.3 Å². The highest BCUT2D eigenvalue weighted by atomic mass is 32.1. The van der Waals surface area contributed by atoms with Crippen LogP contribution in [0.1, 0.15) is 25.0 Å². The van der Waals surface area contributed by atoms with Crippen molar-refractivity contribution < 1.29 is 0 Å². The van der Waals surface area contributed by atoms with E-state index in [1.165, 1.54) is 59.6 Å². The summed E-state index contributed by atoms with van der Waals surface area (Å²) in [5.41, 5.74) is 13.1. The van der Waals surface area contributed by atoms with Crippen LogP contribution in [0.15, 0.2) is 170 Å². The van der Waals surface area contributed by atoms with E-state index in [1.54, 1.807) is 11.3 Å². The Kier molecular flexibility index (Phi) is 6.74. The van der Waals surface area contributed by atoms with Crippen LogP contribution in [0.4, 0.5) is 17.1 Å². The van der Waals surface area contributed by atoms with Gasteiger partial charge in [0, 0.05) is 27.7 Å². The summed E-state index contributed by atoms with van der Waals surface area (Å²) in [4.78, 5) is 7.89. The number of benzene rings is 8.